The zero-order valence-corrected chi connectivity index (χ0v) is 16.6. The molecule has 0 aromatic heterocycles. The van der Waals surface area contributed by atoms with Gasteiger partial charge in [-0.15, -0.1) is 0 Å². The van der Waals surface area contributed by atoms with Crippen LogP contribution < -0.4 is 4.72 Å². The van der Waals surface area contributed by atoms with Crippen LogP contribution in [0.2, 0.25) is 0 Å². The van der Waals surface area contributed by atoms with Gasteiger partial charge in [-0.05, 0) is 24.5 Å². The number of nitrogens with zero attached hydrogens (tertiary/aromatic N) is 1. The maximum Gasteiger partial charge on any atom is 0.229 e. The second-order valence-corrected chi connectivity index (χ2v) is 8.84. The molecule has 0 saturated carbocycles. The van der Waals surface area contributed by atoms with Gasteiger partial charge in [-0.1, -0.05) is 48.5 Å². The summed E-state index contributed by atoms with van der Waals surface area (Å²) < 4.78 is 25.5. The van der Waals surface area contributed by atoms with Crippen LogP contribution in [0.3, 0.4) is 0 Å². The molecule has 1 amide bonds. The van der Waals surface area contributed by atoms with Crippen molar-refractivity contribution in [1.82, 2.24) is 4.90 Å². The number of nitrogens with one attached hydrogen (secondary N) is 1. The van der Waals surface area contributed by atoms with Crippen LogP contribution in [0.5, 0.6) is 0 Å². The molecule has 1 saturated heterocycles. The summed E-state index contributed by atoms with van der Waals surface area (Å²) in [5, 5.41) is 0. The quantitative estimate of drug-likeness (QED) is 0.756. The molecule has 1 aliphatic rings. The maximum atomic E-state index is 12.7. The second kappa shape index (κ2) is 8.56. The molecule has 1 fully saturated rings. The molecule has 0 aliphatic carbocycles. The molecule has 2 aromatic carbocycles. The van der Waals surface area contributed by atoms with Crippen LogP contribution in [0.4, 0.5) is 5.69 Å². The lowest BCUT2D eigenvalue weighted by atomic mass is 9.88. The Morgan fingerprint density at radius 2 is 1.61 bits per heavy atom. The van der Waals surface area contributed by atoms with Gasteiger partial charge in [-0.3, -0.25) is 14.3 Å². The average molecular weight is 401 g/mol. The van der Waals surface area contributed by atoms with E-state index in [9.17, 15) is 18.0 Å². The molecule has 0 unspecified atom stereocenters. The number of hydrogen-bond donors (Lipinski definition) is 1. The van der Waals surface area contributed by atoms with Crippen molar-refractivity contribution in [3.8, 4) is 0 Å². The fraction of sp³-hybridized carbons (Fsp3) is 0.333. The molecule has 7 heteroatoms. The number of sulfonamides is 1. The largest absolute Gasteiger partial charge is 0.342 e. The van der Waals surface area contributed by atoms with Gasteiger partial charge in [-0.25, -0.2) is 8.42 Å². The minimum Gasteiger partial charge on any atom is -0.342 e. The molecule has 6 nitrogen and oxygen atoms in total. The first kappa shape index (κ1) is 20.1. The molecule has 2 aromatic rings. The predicted octanol–water partition coefficient (Wildman–Crippen LogP) is 2.72. The summed E-state index contributed by atoms with van der Waals surface area (Å²) in [6.45, 7) is 1.06. The lowest BCUT2D eigenvalue weighted by Crippen LogP contribution is -2.41. The zero-order valence-electron chi connectivity index (χ0n) is 15.8. The van der Waals surface area contributed by atoms with Crippen molar-refractivity contribution in [2.45, 2.75) is 19.3 Å². The van der Waals surface area contributed by atoms with E-state index in [1.807, 2.05) is 30.3 Å². The highest BCUT2D eigenvalue weighted by Gasteiger charge is 2.28. The average Bonchev–Trinajstić information content (AvgIpc) is 2.68. The number of piperidine rings is 1. The molecule has 1 heterocycles. The number of benzene rings is 2. The Morgan fingerprint density at radius 3 is 2.25 bits per heavy atom. The van der Waals surface area contributed by atoms with Gasteiger partial charge in [-0.2, -0.15) is 0 Å². The van der Waals surface area contributed by atoms with E-state index in [0.717, 1.165) is 6.26 Å². The molecule has 1 N–H and O–H groups in total. The Morgan fingerprint density at radius 1 is 1.00 bits per heavy atom. The third-order valence-electron chi connectivity index (χ3n) is 4.93. The van der Waals surface area contributed by atoms with Gasteiger partial charge >= 0.3 is 0 Å². The van der Waals surface area contributed by atoms with Crippen LogP contribution in [0.1, 0.15) is 28.8 Å². The topological polar surface area (TPSA) is 83.6 Å². The number of amides is 1. The number of rotatable bonds is 6. The van der Waals surface area contributed by atoms with Gasteiger partial charge in [0, 0.05) is 24.6 Å². The van der Waals surface area contributed by atoms with Crippen molar-refractivity contribution < 1.29 is 18.0 Å². The van der Waals surface area contributed by atoms with Crippen LogP contribution in [-0.2, 0) is 21.2 Å². The SMILES string of the molecule is CS(=O)(=O)Nc1ccccc1CC(=O)N1CCC(C(=O)c2ccccc2)CC1. The Bertz CT molecular complexity index is 949. The number of para-hydroxylation sites is 1. The lowest BCUT2D eigenvalue weighted by molar-refractivity contribution is -0.131. The third kappa shape index (κ3) is 5.19. The molecule has 0 bridgehead atoms. The fourth-order valence-electron chi connectivity index (χ4n) is 3.48. The second-order valence-electron chi connectivity index (χ2n) is 7.09. The lowest BCUT2D eigenvalue weighted by Gasteiger charge is -2.31. The Balaban J connectivity index is 1.60. The molecular formula is C21H24N2O4S. The summed E-state index contributed by atoms with van der Waals surface area (Å²) in [5.41, 5.74) is 1.78. The first-order valence-electron chi connectivity index (χ1n) is 9.26. The van der Waals surface area contributed by atoms with Gasteiger partial charge in [0.15, 0.2) is 5.78 Å². The molecule has 28 heavy (non-hydrogen) atoms. The molecule has 0 radical (unpaired) electrons. The van der Waals surface area contributed by atoms with E-state index < -0.39 is 10.0 Å². The van der Waals surface area contributed by atoms with Crippen molar-refractivity contribution in [2.75, 3.05) is 24.1 Å². The molecule has 1 aliphatic heterocycles. The van der Waals surface area contributed by atoms with E-state index in [2.05, 4.69) is 4.72 Å². The van der Waals surface area contributed by atoms with Crippen molar-refractivity contribution >= 4 is 27.4 Å². The predicted molar refractivity (Wildman–Crippen MR) is 109 cm³/mol. The van der Waals surface area contributed by atoms with E-state index in [1.165, 1.54) is 0 Å². The van der Waals surface area contributed by atoms with E-state index in [0.29, 0.717) is 42.7 Å². The van der Waals surface area contributed by atoms with Gasteiger partial charge < -0.3 is 4.90 Å². The molecule has 0 spiro atoms. The monoisotopic (exact) mass is 400 g/mol. The van der Waals surface area contributed by atoms with Gasteiger partial charge in [0.1, 0.15) is 0 Å². The first-order chi connectivity index (χ1) is 13.3. The minimum atomic E-state index is -3.42. The van der Waals surface area contributed by atoms with E-state index in [1.54, 1.807) is 29.2 Å². The summed E-state index contributed by atoms with van der Waals surface area (Å²) in [5.74, 6) is 0.00870. The van der Waals surface area contributed by atoms with Crippen LogP contribution in [0.25, 0.3) is 0 Å². The van der Waals surface area contributed by atoms with Crippen LogP contribution in [-0.4, -0.2) is 44.4 Å². The summed E-state index contributed by atoms with van der Waals surface area (Å²) in [6, 6.07) is 16.1. The maximum absolute atomic E-state index is 12.7. The van der Waals surface area contributed by atoms with Crippen LogP contribution in [0.15, 0.2) is 54.6 Å². The van der Waals surface area contributed by atoms with E-state index in [-0.39, 0.29) is 24.0 Å². The Kier molecular flexibility index (Phi) is 6.14. The number of carbonyl (C=O) groups is 2. The number of hydrogen-bond acceptors (Lipinski definition) is 4. The Labute approximate surface area is 165 Å². The smallest absolute Gasteiger partial charge is 0.229 e. The molecule has 0 atom stereocenters. The zero-order chi connectivity index (χ0) is 20.1. The number of anilines is 1. The third-order valence-corrected chi connectivity index (χ3v) is 5.52. The number of carbonyl (C=O) groups excluding carboxylic acids is 2. The van der Waals surface area contributed by atoms with Crippen LogP contribution >= 0.6 is 0 Å². The molecular weight excluding hydrogens is 376 g/mol. The number of likely N-dealkylation sites (tertiary alicyclic amines) is 1. The van der Waals surface area contributed by atoms with Crippen molar-refractivity contribution in [3.63, 3.8) is 0 Å². The Hall–Kier alpha value is -2.67. The number of ketones is 1. The van der Waals surface area contributed by atoms with Crippen molar-refractivity contribution in [1.29, 1.82) is 0 Å². The normalized spacial score (nSPS) is 15.2. The summed E-state index contributed by atoms with van der Waals surface area (Å²) in [6.07, 6.45) is 2.49. The highest BCUT2D eigenvalue weighted by atomic mass is 32.2. The van der Waals surface area contributed by atoms with Crippen LogP contribution in [0, 0.1) is 5.92 Å². The fourth-order valence-corrected chi connectivity index (χ4v) is 4.08. The highest BCUT2D eigenvalue weighted by molar-refractivity contribution is 7.92. The highest BCUT2D eigenvalue weighted by Crippen LogP contribution is 2.23. The van der Waals surface area contributed by atoms with Crippen molar-refractivity contribution in [2.24, 2.45) is 5.92 Å². The van der Waals surface area contributed by atoms with Gasteiger partial charge in [0.05, 0.1) is 18.4 Å². The number of Topliss-reactive ketones (excluding diaryl/α,β-unsaturated/α-hetero) is 1. The summed E-state index contributed by atoms with van der Waals surface area (Å²) >= 11 is 0. The van der Waals surface area contributed by atoms with E-state index in [4.69, 9.17) is 0 Å². The first-order valence-corrected chi connectivity index (χ1v) is 11.2. The van der Waals surface area contributed by atoms with Gasteiger partial charge in [0.25, 0.3) is 0 Å². The van der Waals surface area contributed by atoms with Crippen molar-refractivity contribution in [3.05, 3.63) is 65.7 Å². The van der Waals surface area contributed by atoms with E-state index >= 15 is 0 Å². The summed E-state index contributed by atoms with van der Waals surface area (Å²) in [7, 11) is -3.42. The summed E-state index contributed by atoms with van der Waals surface area (Å²) in [4.78, 5) is 27.0. The standard InChI is InChI=1S/C21H24N2O4S/c1-28(26,27)22-19-10-6-5-9-18(19)15-20(24)23-13-11-17(12-14-23)21(25)16-7-3-2-4-8-16/h2-10,17,22H,11-15H2,1H3. The minimum absolute atomic E-state index is 0.0617. The molecule has 148 valence electrons. The molecule has 3 rings (SSSR count). The van der Waals surface area contributed by atoms with Gasteiger partial charge in [0.2, 0.25) is 15.9 Å².